The number of aliphatic hydroxyl groups excluding tert-OH is 1. The second-order valence-electron chi connectivity index (χ2n) is 7.17. The third kappa shape index (κ3) is 4.43. The van der Waals surface area contributed by atoms with Crippen molar-refractivity contribution in [2.45, 2.75) is 13.5 Å². The largest absolute Gasteiger partial charge is 0.394 e. The lowest BCUT2D eigenvalue weighted by Crippen LogP contribution is -2.28. The van der Waals surface area contributed by atoms with Crippen LogP contribution >= 0.6 is 0 Å². The number of hydrogen-bond acceptors (Lipinski definition) is 6. The molecule has 4 rings (SSSR count). The van der Waals surface area contributed by atoms with Gasteiger partial charge in [-0.2, -0.15) is 0 Å². The number of pyridine rings is 2. The first-order chi connectivity index (χ1) is 15.6. The zero-order chi connectivity index (χ0) is 22.5. The van der Waals surface area contributed by atoms with Gasteiger partial charge >= 0.3 is 0 Å². The molecule has 0 radical (unpaired) electrons. The molecule has 1 amide bonds. The second-order valence-corrected chi connectivity index (χ2v) is 7.17. The van der Waals surface area contributed by atoms with Gasteiger partial charge in [0.15, 0.2) is 0 Å². The second kappa shape index (κ2) is 9.54. The number of amides is 1. The quantitative estimate of drug-likeness (QED) is 0.290. The first-order valence-electron chi connectivity index (χ1n) is 9.99. The first kappa shape index (κ1) is 21.4. The number of carbonyl (C=O) groups is 1. The van der Waals surface area contributed by atoms with Crippen molar-refractivity contribution in [1.82, 2.24) is 20.0 Å². The number of rotatable bonds is 8. The van der Waals surface area contributed by atoms with Crippen molar-refractivity contribution >= 4 is 28.2 Å². The van der Waals surface area contributed by atoms with Gasteiger partial charge in [-0.15, -0.1) is 0 Å². The van der Waals surface area contributed by atoms with Crippen LogP contribution in [0, 0.1) is 12.7 Å². The molecule has 0 aliphatic carbocycles. The number of aromatic nitrogens is 3. The zero-order valence-electron chi connectivity index (χ0n) is 17.4. The molecule has 0 fully saturated rings. The first-order valence-corrected chi connectivity index (χ1v) is 9.99. The van der Waals surface area contributed by atoms with Gasteiger partial charge in [0.05, 0.1) is 30.1 Å². The molecule has 0 aliphatic rings. The lowest BCUT2D eigenvalue weighted by atomic mass is 10.2. The number of carbonyl (C=O) groups excluding carboxylic acids is 1. The molecular formula is C23H22FN5O3. The Hall–Kier alpha value is -3.82. The summed E-state index contributed by atoms with van der Waals surface area (Å²) in [5.74, 6) is -0.981. The molecule has 0 unspecified atom stereocenters. The summed E-state index contributed by atoms with van der Waals surface area (Å²) in [7, 11) is 0. The molecule has 164 valence electrons. The summed E-state index contributed by atoms with van der Waals surface area (Å²) in [6.07, 6.45) is 6.60. The van der Waals surface area contributed by atoms with E-state index in [1.54, 1.807) is 54.5 Å². The van der Waals surface area contributed by atoms with Gasteiger partial charge in [0.2, 0.25) is 0 Å². The van der Waals surface area contributed by atoms with Gasteiger partial charge < -0.3 is 15.0 Å². The highest BCUT2D eigenvalue weighted by molar-refractivity contribution is 6.09. The van der Waals surface area contributed by atoms with Gasteiger partial charge in [-0.3, -0.25) is 19.6 Å². The van der Waals surface area contributed by atoms with Gasteiger partial charge in [0.1, 0.15) is 11.5 Å². The molecule has 3 heterocycles. The van der Waals surface area contributed by atoms with Crippen LogP contribution in [0.3, 0.4) is 0 Å². The summed E-state index contributed by atoms with van der Waals surface area (Å²) >= 11 is 0. The maximum Gasteiger partial charge on any atom is 0.293 e. The van der Waals surface area contributed by atoms with Crippen LogP contribution in [0.2, 0.25) is 0 Å². The van der Waals surface area contributed by atoms with Crippen molar-refractivity contribution in [2.24, 2.45) is 0 Å². The van der Waals surface area contributed by atoms with Gasteiger partial charge in [-0.25, -0.2) is 9.87 Å². The summed E-state index contributed by atoms with van der Waals surface area (Å²) in [6, 6.07) is 10.3. The highest BCUT2D eigenvalue weighted by Crippen LogP contribution is 2.34. The molecule has 0 bridgehead atoms. The van der Waals surface area contributed by atoms with E-state index in [4.69, 9.17) is 9.94 Å². The molecule has 0 atom stereocenters. The van der Waals surface area contributed by atoms with Crippen LogP contribution in [0.25, 0.3) is 10.9 Å². The highest BCUT2D eigenvalue weighted by Gasteiger charge is 2.24. The lowest BCUT2D eigenvalue weighted by Gasteiger charge is -2.14. The van der Waals surface area contributed by atoms with E-state index in [1.165, 1.54) is 6.07 Å². The predicted octanol–water partition coefficient (Wildman–Crippen LogP) is 3.32. The van der Waals surface area contributed by atoms with Crippen molar-refractivity contribution in [2.75, 3.05) is 18.5 Å². The number of hydroxylamine groups is 1. The number of anilines is 2. The number of hydrogen-bond donors (Lipinski definition) is 3. The number of nitrogens with zero attached hydrogens (tertiary/aromatic N) is 3. The van der Waals surface area contributed by atoms with Crippen molar-refractivity contribution in [3.63, 3.8) is 0 Å². The monoisotopic (exact) mass is 435 g/mol. The molecule has 4 aromatic rings. The standard InChI is InChI=1S/C23H22FN5O3/c1-15-2-3-19(18(24)12-15)27-21-17-13-26-9-6-20(17)29(14-16-4-7-25-8-5-16)22(21)23(31)28-32-11-10-30/h2-9,12-13,27,30H,10-11,14H2,1H3,(H,28,31). The number of benzene rings is 1. The molecule has 0 spiro atoms. The van der Waals surface area contributed by atoms with E-state index in [1.807, 2.05) is 12.1 Å². The fourth-order valence-corrected chi connectivity index (χ4v) is 3.46. The normalized spacial score (nSPS) is 11.0. The molecule has 3 N–H and O–H groups in total. The van der Waals surface area contributed by atoms with Gasteiger partial charge in [0.25, 0.3) is 5.91 Å². The van der Waals surface area contributed by atoms with E-state index >= 15 is 0 Å². The van der Waals surface area contributed by atoms with Crippen LogP contribution in [0.5, 0.6) is 0 Å². The summed E-state index contributed by atoms with van der Waals surface area (Å²) in [5, 5.41) is 12.7. The predicted molar refractivity (Wildman–Crippen MR) is 118 cm³/mol. The number of aliphatic hydroxyl groups is 1. The number of nitrogens with one attached hydrogen (secondary N) is 2. The van der Waals surface area contributed by atoms with Gasteiger partial charge in [-0.1, -0.05) is 6.07 Å². The average molecular weight is 435 g/mol. The molecule has 8 nitrogen and oxygen atoms in total. The number of fused-ring (bicyclic) bond motifs is 1. The van der Waals surface area contributed by atoms with Crippen LogP contribution in [-0.4, -0.2) is 38.8 Å². The third-order valence-corrected chi connectivity index (χ3v) is 4.91. The number of halogens is 1. The molecule has 0 aliphatic heterocycles. The van der Waals surface area contributed by atoms with E-state index in [0.717, 1.165) is 16.6 Å². The molecule has 0 saturated carbocycles. The SMILES string of the molecule is Cc1ccc(Nc2c(C(=O)NOCCO)n(Cc3ccncc3)c3ccncc23)c(F)c1. The van der Waals surface area contributed by atoms with Crippen molar-refractivity contribution < 1.29 is 19.1 Å². The van der Waals surface area contributed by atoms with Crippen LogP contribution < -0.4 is 10.8 Å². The molecule has 32 heavy (non-hydrogen) atoms. The molecule has 0 saturated heterocycles. The Morgan fingerprint density at radius 2 is 1.94 bits per heavy atom. The Balaban J connectivity index is 1.86. The summed E-state index contributed by atoms with van der Waals surface area (Å²) < 4.78 is 16.4. The molecule has 1 aromatic carbocycles. The molecule has 3 aromatic heterocycles. The third-order valence-electron chi connectivity index (χ3n) is 4.91. The smallest absolute Gasteiger partial charge is 0.293 e. The fraction of sp³-hybridized carbons (Fsp3) is 0.174. The Kier molecular flexibility index (Phi) is 6.39. The lowest BCUT2D eigenvalue weighted by molar-refractivity contribution is 0.0163. The van der Waals surface area contributed by atoms with Crippen LogP contribution in [0.15, 0.2) is 61.2 Å². The summed E-state index contributed by atoms with van der Waals surface area (Å²) in [5.41, 5.74) is 5.66. The van der Waals surface area contributed by atoms with Crippen molar-refractivity contribution in [1.29, 1.82) is 0 Å². The maximum absolute atomic E-state index is 14.6. The summed E-state index contributed by atoms with van der Waals surface area (Å²) in [4.78, 5) is 26.4. The van der Waals surface area contributed by atoms with Gasteiger partial charge in [0, 0.05) is 36.7 Å². The zero-order valence-corrected chi connectivity index (χ0v) is 17.4. The minimum atomic E-state index is -0.543. The van der Waals surface area contributed by atoms with Crippen molar-refractivity contribution in [3.05, 3.63) is 83.8 Å². The maximum atomic E-state index is 14.6. The average Bonchev–Trinajstić information content (AvgIpc) is 3.10. The summed E-state index contributed by atoms with van der Waals surface area (Å²) in [6.45, 7) is 1.86. The van der Waals surface area contributed by atoms with E-state index < -0.39 is 11.7 Å². The van der Waals surface area contributed by atoms with E-state index in [0.29, 0.717) is 17.6 Å². The van der Waals surface area contributed by atoms with E-state index in [-0.39, 0.29) is 24.6 Å². The minimum Gasteiger partial charge on any atom is -0.394 e. The Morgan fingerprint density at radius 3 is 2.69 bits per heavy atom. The Labute approximate surface area is 183 Å². The van der Waals surface area contributed by atoms with Crippen LogP contribution in [0.4, 0.5) is 15.8 Å². The van der Waals surface area contributed by atoms with Gasteiger partial charge in [-0.05, 0) is 48.4 Å². The molecular weight excluding hydrogens is 413 g/mol. The Bertz CT molecular complexity index is 1240. The fourth-order valence-electron chi connectivity index (χ4n) is 3.46. The highest BCUT2D eigenvalue weighted by atomic mass is 19.1. The van der Waals surface area contributed by atoms with Crippen LogP contribution in [0.1, 0.15) is 21.6 Å². The molecule has 9 heteroatoms. The minimum absolute atomic E-state index is 0.0623. The topological polar surface area (TPSA) is 101 Å². The van der Waals surface area contributed by atoms with E-state index in [2.05, 4.69) is 20.8 Å². The van der Waals surface area contributed by atoms with Crippen LogP contribution in [-0.2, 0) is 11.4 Å². The van der Waals surface area contributed by atoms with Crippen molar-refractivity contribution in [3.8, 4) is 0 Å². The number of aryl methyl sites for hydroxylation is 1. The Morgan fingerprint density at radius 1 is 1.16 bits per heavy atom. The van der Waals surface area contributed by atoms with E-state index in [9.17, 15) is 9.18 Å².